The SMILES string of the molecule is NC1(Cl)N=CN=C2N=CN=C21. The molecule has 0 saturated heterocycles. The van der Waals surface area contributed by atoms with Gasteiger partial charge in [-0.15, -0.1) is 0 Å². The molecule has 0 radical (unpaired) electrons. The van der Waals surface area contributed by atoms with Crippen molar-refractivity contribution in [2.24, 2.45) is 25.7 Å². The Morgan fingerprint density at radius 3 is 2.91 bits per heavy atom. The van der Waals surface area contributed by atoms with Gasteiger partial charge in [0.05, 0.1) is 0 Å². The molecule has 5 nitrogen and oxygen atoms in total. The molecule has 6 heteroatoms. The molecule has 0 spiro atoms. The van der Waals surface area contributed by atoms with Crippen LogP contribution in [-0.4, -0.2) is 29.3 Å². The first-order valence-corrected chi connectivity index (χ1v) is 3.28. The molecule has 2 heterocycles. The molecule has 2 aliphatic rings. The minimum atomic E-state index is -1.28. The molecule has 0 saturated carbocycles. The van der Waals surface area contributed by atoms with Gasteiger partial charge in [0.25, 0.3) is 0 Å². The van der Waals surface area contributed by atoms with Crippen LogP contribution in [0.25, 0.3) is 0 Å². The number of rotatable bonds is 0. The highest BCUT2D eigenvalue weighted by Gasteiger charge is 2.35. The van der Waals surface area contributed by atoms with Gasteiger partial charge in [-0.1, -0.05) is 11.6 Å². The Bertz CT molecular complexity index is 311. The first-order chi connectivity index (χ1) is 5.20. The Hall–Kier alpha value is -1.07. The van der Waals surface area contributed by atoms with Crippen LogP contribution in [0.2, 0.25) is 0 Å². The molecule has 0 aromatic rings. The molecule has 0 bridgehead atoms. The lowest BCUT2D eigenvalue weighted by Gasteiger charge is -2.18. The Balaban J connectivity index is 2.51. The van der Waals surface area contributed by atoms with Gasteiger partial charge in [0.15, 0.2) is 5.84 Å². The number of fused-ring (bicyclic) bond motifs is 1. The Morgan fingerprint density at radius 2 is 2.18 bits per heavy atom. The van der Waals surface area contributed by atoms with E-state index in [1.54, 1.807) is 0 Å². The van der Waals surface area contributed by atoms with E-state index in [0.717, 1.165) is 0 Å². The summed E-state index contributed by atoms with van der Waals surface area (Å²) in [7, 11) is 0. The van der Waals surface area contributed by atoms with Gasteiger partial charge < -0.3 is 0 Å². The lowest BCUT2D eigenvalue weighted by Crippen LogP contribution is -2.45. The first kappa shape index (κ1) is 6.63. The number of nitrogens with zero attached hydrogens (tertiary/aromatic N) is 4. The molecule has 0 aliphatic carbocycles. The zero-order chi connectivity index (χ0) is 7.90. The summed E-state index contributed by atoms with van der Waals surface area (Å²) in [4.78, 5) is 15.2. The quantitative estimate of drug-likeness (QED) is 0.394. The van der Waals surface area contributed by atoms with E-state index in [0.29, 0.717) is 11.5 Å². The van der Waals surface area contributed by atoms with Crippen LogP contribution in [0.5, 0.6) is 0 Å². The Kier molecular flexibility index (Phi) is 1.18. The third-order valence-corrected chi connectivity index (χ3v) is 1.61. The molecule has 0 aromatic carbocycles. The molecule has 0 fully saturated rings. The lowest BCUT2D eigenvalue weighted by molar-refractivity contribution is 0.841. The molecule has 11 heavy (non-hydrogen) atoms. The predicted octanol–water partition coefficient (Wildman–Crippen LogP) is -0.239. The summed E-state index contributed by atoms with van der Waals surface area (Å²) in [6.45, 7) is 0. The van der Waals surface area contributed by atoms with Gasteiger partial charge in [-0.2, -0.15) is 0 Å². The summed E-state index contributed by atoms with van der Waals surface area (Å²) < 4.78 is 0. The largest absolute Gasteiger partial charge is 0.289 e. The van der Waals surface area contributed by atoms with Gasteiger partial charge in [0, 0.05) is 0 Å². The van der Waals surface area contributed by atoms with E-state index in [9.17, 15) is 0 Å². The second kappa shape index (κ2) is 1.96. The normalized spacial score (nSPS) is 33.3. The summed E-state index contributed by atoms with van der Waals surface area (Å²) in [6.07, 6.45) is 2.64. The average molecular weight is 170 g/mol. The smallest absolute Gasteiger partial charge is 0.232 e. The number of hydrogen-bond acceptors (Lipinski definition) is 5. The topological polar surface area (TPSA) is 75.5 Å². The molecule has 0 aromatic heterocycles. The summed E-state index contributed by atoms with van der Waals surface area (Å²) in [5, 5.41) is -1.28. The number of halogens is 1. The van der Waals surface area contributed by atoms with Gasteiger partial charge >= 0.3 is 0 Å². The van der Waals surface area contributed by atoms with Crippen LogP contribution in [0.15, 0.2) is 20.0 Å². The highest BCUT2D eigenvalue weighted by atomic mass is 35.5. The van der Waals surface area contributed by atoms with E-state index in [2.05, 4.69) is 20.0 Å². The van der Waals surface area contributed by atoms with Gasteiger partial charge in [-0.3, -0.25) is 5.73 Å². The fourth-order valence-corrected chi connectivity index (χ4v) is 1.01. The summed E-state index contributed by atoms with van der Waals surface area (Å²) in [5.41, 5.74) is 5.94. The molecule has 1 unspecified atom stereocenters. The third kappa shape index (κ3) is 0.892. The Labute approximate surface area is 67.4 Å². The second-order valence-electron chi connectivity index (χ2n) is 2.09. The van der Waals surface area contributed by atoms with Crippen LogP contribution < -0.4 is 5.73 Å². The fourth-order valence-electron chi connectivity index (χ4n) is 0.831. The molecular formula is C5H4ClN5. The van der Waals surface area contributed by atoms with E-state index in [1.165, 1.54) is 12.7 Å². The van der Waals surface area contributed by atoms with E-state index in [-0.39, 0.29) is 0 Å². The number of nitrogens with two attached hydrogens (primary N) is 1. The number of hydrogen-bond donors (Lipinski definition) is 1. The molecule has 0 amide bonds. The molecule has 2 N–H and O–H groups in total. The number of aliphatic imine (C=N–C) groups is 4. The van der Waals surface area contributed by atoms with Crippen molar-refractivity contribution in [2.45, 2.75) is 5.12 Å². The molecule has 2 aliphatic heterocycles. The van der Waals surface area contributed by atoms with Gasteiger partial charge in [-0.05, 0) is 0 Å². The van der Waals surface area contributed by atoms with Crippen LogP contribution in [-0.2, 0) is 0 Å². The van der Waals surface area contributed by atoms with Crippen molar-refractivity contribution in [3.8, 4) is 0 Å². The van der Waals surface area contributed by atoms with Crippen molar-refractivity contribution in [1.82, 2.24) is 0 Å². The van der Waals surface area contributed by atoms with Crippen LogP contribution in [0.4, 0.5) is 0 Å². The number of alkyl halides is 1. The van der Waals surface area contributed by atoms with E-state index >= 15 is 0 Å². The van der Waals surface area contributed by atoms with E-state index < -0.39 is 5.12 Å². The standard InChI is InChI=1S/C5H4ClN5/c6-5(7)3-4(9-1-8-3)10-2-11-5/h1-2H,7H2. The molecule has 1 atom stereocenters. The van der Waals surface area contributed by atoms with Crippen LogP contribution in [0.3, 0.4) is 0 Å². The zero-order valence-corrected chi connectivity index (χ0v) is 6.15. The highest BCUT2D eigenvalue weighted by molar-refractivity contribution is 6.58. The van der Waals surface area contributed by atoms with Crippen LogP contribution >= 0.6 is 11.6 Å². The van der Waals surface area contributed by atoms with Gasteiger partial charge in [0.1, 0.15) is 18.4 Å². The van der Waals surface area contributed by atoms with Crippen molar-refractivity contribution in [3.63, 3.8) is 0 Å². The van der Waals surface area contributed by atoms with Gasteiger partial charge in [0.2, 0.25) is 5.12 Å². The van der Waals surface area contributed by atoms with Gasteiger partial charge in [-0.25, -0.2) is 20.0 Å². The maximum Gasteiger partial charge on any atom is 0.232 e. The summed E-state index contributed by atoms with van der Waals surface area (Å²) in [6, 6.07) is 0. The van der Waals surface area contributed by atoms with Crippen LogP contribution in [0, 0.1) is 0 Å². The van der Waals surface area contributed by atoms with Crippen LogP contribution in [0.1, 0.15) is 0 Å². The monoisotopic (exact) mass is 169 g/mol. The average Bonchev–Trinajstić information content (AvgIpc) is 2.34. The predicted molar refractivity (Wildman–Crippen MR) is 44.6 cm³/mol. The van der Waals surface area contributed by atoms with Crippen molar-refractivity contribution < 1.29 is 0 Å². The van der Waals surface area contributed by atoms with E-state index in [4.69, 9.17) is 17.3 Å². The van der Waals surface area contributed by atoms with Crippen molar-refractivity contribution in [3.05, 3.63) is 0 Å². The summed E-state index contributed by atoms with van der Waals surface area (Å²) in [5.74, 6) is 0.442. The third-order valence-electron chi connectivity index (χ3n) is 1.34. The maximum atomic E-state index is 5.76. The highest BCUT2D eigenvalue weighted by Crippen LogP contribution is 2.18. The van der Waals surface area contributed by atoms with Crippen molar-refractivity contribution in [2.75, 3.05) is 0 Å². The Morgan fingerprint density at radius 1 is 1.36 bits per heavy atom. The zero-order valence-electron chi connectivity index (χ0n) is 5.40. The number of amidine groups is 1. The lowest BCUT2D eigenvalue weighted by atomic mass is 10.2. The minimum Gasteiger partial charge on any atom is -0.289 e. The molecule has 2 rings (SSSR count). The van der Waals surface area contributed by atoms with Crippen molar-refractivity contribution in [1.29, 1.82) is 0 Å². The summed E-state index contributed by atoms with van der Waals surface area (Å²) >= 11 is 5.76. The minimum absolute atomic E-state index is 0.404. The van der Waals surface area contributed by atoms with E-state index in [1.807, 2.05) is 0 Å². The first-order valence-electron chi connectivity index (χ1n) is 2.90. The molecular weight excluding hydrogens is 166 g/mol. The fraction of sp³-hybridized carbons (Fsp3) is 0.200. The molecule has 56 valence electrons. The van der Waals surface area contributed by atoms with Crippen molar-refractivity contribution >= 4 is 35.8 Å². The maximum absolute atomic E-state index is 5.76. The second-order valence-corrected chi connectivity index (χ2v) is 2.67.